The van der Waals surface area contributed by atoms with Gasteiger partial charge in [0.05, 0.1) is 5.41 Å². The number of pyridine rings is 1. The van der Waals surface area contributed by atoms with Gasteiger partial charge in [0.15, 0.2) is 0 Å². The topological polar surface area (TPSA) is 96.4 Å². The second-order valence-electron chi connectivity index (χ2n) is 4.96. The lowest BCUT2D eigenvalue weighted by atomic mass is 9.87. The Hall–Kier alpha value is -0.990. The number of carboxylic acids is 1. The fraction of sp³-hybridized carbons (Fsp3) is 0.500. The summed E-state index contributed by atoms with van der Waals surface area (Å²) in [6.45, 7) is -0.0861. The first kappa shape index (κ1) is 15.4. The minimum Gasteiger partial charge on any atom is -0.481 e. The molecule has 1 aliphatic carbocycles. The van der Waals surface area contributed by atoms with E-state index < -0.39 is 21.4 Å². The summed E-state index contributed by atoms with van der Waals surface area (Å²) in [5.41, 5.74) is -0.980. The van der Waals surface area contributed by atoms with Crippen molar-refractivity contribution in [2.45, 2.75) is 30.6 Å². The molecule has 1 heterocycles. The predicted octanol–water partition coefficient (Wildman–Crippen LogP) is 1.77. The number of nitrogens with zero attached hydrogens (tertiary/aromatic N) is 1. The van der Waals surface area contributed by atoms with Crippen LogP contribution in [0.4, 0.5) is 0 Å². The zero-order valence-corrected chi connectivity index (χ0v) is 13.1. The van der Waals surface area contributed by atoms with Crippen LogP contribution in [0, 0.1) is 5.41 Å². The molecule has 0 aliphatic heterocycles. The van der Waals surface area contributed by atoms with Gasteiger partial charge in [0, 0.05) is 23.4 Å². The normalized spacial score (nSPS) is 18.1. The van der Waals surface area contributed by atoms with Gasteiger partial charge in [-0.15, -0.1) is 0 Å². The van der Waals surface area contributed by atoms with E-state index in [2.05, 4.69) is 25.6 Å². The summed E-state index contributed by atoms with van der Waals surface area (Å²) in [7, 11) is -3.75. The van der Waals surface area contributed by atoms with E-state index in [0.29, 0.717) is 17.3 Å². The Labute approximate surface area is 125 Å². The number of aromatic nitrogens is 1. The molecule has 1 fully saturated rings. The van der Waals surface area contributed by atoms with Crippen molar-refractivity contribution in [3.63, 3.8) is 0 Å². The van der Waals surface area contributed by atoms with Crippen LogP contribution in [0.5, 0.6) is 0 Å². The number of carboxylic acid groups (broad SMARTS) is 1. The first-order valence-electron chi connectivity index (χ1n) is 6.19. The summed E-state index contributed by atoms with van der Waals surface area (Å²) < 4.78 is 27.2. The Bertz CT molecular complexity index is 612. The summed E-state index contributed by atoms with van der Waals surface area (Å²) in [5, 5.41) is 9.32. The first-order chi connectivity index (χ1) is 9.36. The third-order valence-electron chi connectivity index (χ3n) is 3.61. The molecule has 2 rings (SSSR count). The molecule has 0 spiro atoms. The number of aliphatic carboxylic acids is 1. The van der Waals surface area contributed by atoms with Crippen molar-refractivity contribution in [2.75, 3.05) is 6.54 Å². The van der Waals surface area contributed by atoms with Crippen LogP contribution in [0.25, 0.3) is 0 Å². The Morgan fingerprint density at radius 3 is 2.60 bits per heavy atom. The number of rotatable bonds is 5. The van der Waals surface area contributed by atoms with Crippen molar-refractivity contribution in [3.8, 4) is 0 Å². The van der Waals surface area contributed by atoms with Gasteiger partial charge >= 0.3 is 5.97 Å². The highest BCUT2D eigenvalue weighted by Gasteiger charge is 2.42. The average molecular weight is 363 g/mol. The van der Waals surface area contributed by atoms with Crippen LogP contribution in [0.3, 0.4) is 0 Å². The van der Waals surface area contributed by atoms with E-state index in [1.165, 1.54) is 18.5 Å². The van der Waals surface area contributed by atoms with Gasteiger partial charge in [0.2, 0.25) is 10.0 Å². The van der Waals surface area contributed by atoms with E-state index in [1.54, 1.807) is 0 Å². The Morgan fingerprint density at radius 2 is 2.05 bits per heavy atom. The van der Waals surface area contributed by atoms with Gasteiger partial charge in [-0.2, -0.15) is 0 Å². The molecule has 1 aromatic heterocycles. The summed E-state index contributed by atoms with van der Waals surface area (Å²) in [6.07, 6.45) is 5.34. The van der Waals surface area contributed by atoms with Crippen LogP contribution in [-0.2, 0) is 14.8 Å². The molecule has 8 heteroatoms. The fourth-order valence-corrected chi connectivity index (χ4v) is 4.00. The Balaban J connectivity index is 2.15. The van der Waals surface area contributed by atoms with Crippen LogP contribution in [0.2, 0.25) is 0 Å². The molecular formula is C12H15BrN2O4S. The summed E-state index contributed by atoms with van der Waals surface area (Å²) in [6, 6.07) is 1.43. The average Bonchev–Trinajstić information content (AvgIpc) is 2.87. The van der Waals surface area contributed by atoms with E-state index in [0.717, 1.165) is 12.8 Å². The monoisotopic (exact) mass is 362 g/mol. The summed E-state index contributed by atoms with van der Waals surface area (Å²) in [4.78, 5) is 15.2. The van der Waals surface area contributed by atoms with Crippen LogP contribution in [0.1, 0.15) is 25.7 Å². The fourth-order valence-electron chi connectivity index (χ4n) is 2.37. The maximum atomic E-state index is 12.1. The van der Waals surface area contributed by atoms with Crippen molar-refractivity contribution >= 4 is 31.9 Å². The number of sulfonamides is 1. The molecule has 1 saturated carbocycles. The molecule has 6 nitrogen and oxygen atoms in total. The van der Waals surface area contributed by atoms with E-state index in [1.807, 2.05) is 0 Å². The zero-order valence-electron chi connectivity index (χ0n) is 10.7. The van der Waals surface area contributed by atoms with Crippen molar-refractivity contribution in [1.29, 1.82) is 0 Å². The highest BCUT2D eigenvalue weighted by atomic mass is 79.9. The third-order valence-corrected chi connectivity index (χ3v) is 5.41. The minimum absolute atomic E-state index is 0.0189. The maximum absolute atomic E-state index is 12.1. The highest BCUT2D eigenvalue weighted by Crippen LogP contribution is 2.38. The van der Waals surface area contributed by atoms with Gasteiger partial charge in [-0.05, 0) is 34.8 Å². The number of halogens is 1. The molecule has 0 aromatic carbocycles. The third kappa shape index (κ3) is 3.18. The van der Waals surface area contributed by atoms with Crippen molar-refractivity contribution < 1.29 is 18.3 Å². The van der Waals surface area contributed by atoms with Gasteiger partial charge in [0.25, 0.3) is 0 Å². The molecule has 1 aliphatic rings. The van der Waals surface area contributed by atoms with Gasteiger partial charge < -0.3 is 5.11 Å². The van der Waals surface area contributed by atoms with Crippen LogP contribution in [0.15, 0.2) is 27.8 Å². The van der Waals surface area contributed by atoms with Crippen molar-refractivity contribution in [3.05, 3.63) is 22.9 Å². The molecule has 110 valence electrons. The second kappa shape index (κ2) is 5.79. The lowest BCUT2D eigenvalue weighted by molar-refractivity contribution is -0.148. The summed E-state index contributed by atoms with van der Waals surface area (Å²) in [5.74, 6) is -0.940. The van der Waals surface area contributed by atoms with Gasteiger partial charge in [-0.25, -0.2) is 13.1 Å². The van der Waals surface area contributed by atoms with E-state index in [-0.39, 0.29) is 11.4 Å². The Morgan fingerprint density at radius 1 is 1.40 bits per heavy atom. The van der Waals surface area contributed by atoms with E-state index in [9.17, 15) is 18.3 Å². The molecule has 0 unspecified atom stereocenters. The maximum Gasteiger partial charge on any atom is 0.310 e. The molecule has 0 saturated heterocycles. The molecular weight excluding hydrogens is 348 g/mol. The molecule has 0 radical (unpaired) electrons. The number of hydrogen-bond donors (Lipinski definition) is 2. The van der Waals surface area contributed by atoms with Gasteiger partial charge in [-0.3, -0.25) is 9.78 Å². The number of nitrogens with one attached hydrogen (secondary N) is 1. The zero-order chi connectivity index (χ0) is 14.8. The Kier molecular flexibility index (Phi) is 4.46. The van der Waals surface area contributed by atoms with Gasteiger partial charge in [-0.1, -0.05) is 12.8 Å². The molecule has 2 N–H and O–H groups in total. The molecule has 0 bridgehead atoms. The second-order valence-corrected chi connectivity index (χ2v) is 7.64. The van der Waals surface area contributed by atoms with Crippen molar-refractivity contribution in [2.24, 2.45) is 5.41 Å². The SMILES string of the molecule is O=C(O)C1(CNS(=O)(=O)c2cncc(Br)c2)CCCC1. The smallest absolute Gasteiger partial charge is 0.310 e. The lowest BCUT2D eigenvalue weighted by Gasteiger charge is -2.23. The van der Waals surface area contributed by atoms with Gasteiger partial charge in [0.1, 0.15) is 4.90 Å². The highest BCUT2D eigenvalue weighted by molar-refractivity contribution is 9.10. The van der Waals surface area contributed by atoms with E-state index in [4.69, 9.17) is 0 Å². The quantitative estimate of drug-likeness (QED) is 0.831. The molecule has 0 atom stereocenters. The number of hydrogen-bond acceptors (Lipinski definition) is 4. The van der Waals surface area contributed by atoms with Crippen LogP contribution >= 0.6 is 15.9 Å². The number of carbonyl (C=O) groups is 1. The molecule has 1 aromatic rings. The van der Waals surface area contributed by atoms with Crippen molar-refractivity contribution in [1.82, 2.24) is 9.71 Å². The molecule has 20 heavy (non-hydrogen) atoms. The molecule has 0 amide bonds. The lowest BCUT2D eigenvalue weighted by Crippen LogP contribution is -2.41. The summed E-state index contributed by atoms with van der Waals surface area (Å²) >= 11 is 3.16. The minimum atomic E-state index is -3.75. The van der Waals surface area contributed by atoms with Crippen LogP contribution in [-0.4, -0.2) is 31.0 Å². The standard InChI is InChI=1S/C12H15BrN2O4S/c13-9-5-10(7-14-6-9)20(18,19)15-8-12(11(16)17)3-1-2-4-12/h5-7,15H,1-4,8H2,(H,16,17). The predicted molar refractivity (Wildman–Crippen MR) is 75.7 cm³/mol. The first-order valence-corrected chi connectivity index (χ1v) is 8.47. The van der Waals surface area contributed by atoms with Crippen LogP contribution < -0.4 is 4.72 Å². The largest absolute Gasteiger partial charge is 0.481 e. The van der Waals surface area contributed by atoms with E-state index >= 15 is 0 Å².